The summed E-state index contributed by atoms with van der Waals surface area (Å²) in [4.78, 5) is 36.0. The number of piperazine rings is 1. The van der Waals surface area contributed by atoms with Crippen LogP contribution in [0.25, 0.3) is 11.3 Å². The summed E-state index contributed by atoms with van der Waals surface area (Å²) in [5.74, 6) is -1.07. The fourth-order valence-electron chi connectivity index (χ4n) is 5.25. The van der Waals surface area contributed by atoms with Crippen LogP contribution in [-0.4, -0.2) is 61.0 Å². The van der Waals surface area contributed by atoms with Crippen molar-refractivity contribution in [2.45, 2.75) is 38.1 Å². The van der Waals surface area contributed by atoms with Crippen LogP contribution in [0.3, 0.4) is 0 Å². The molecule has 9 heteroatoms. The van der Waals surface area contributed by atoms with Crippen molar-refractivity contribution >= 4 is 33.3 Å². The van der Waals surface area contributed by atoms with E-state index < -0.39 is 5.91 Å². The number of carbonyl (C=O) groups excluding carboxylic acids is 2. The Labute approximate surface area is 220 Å². The van der Waals surface area contributed by atoms with Crippen LogP contribution in [0.4, 0.5) is 14.5 Å². The molecular formula is C28H32FN5O2S. The van der Waals surface area contributed by atoms with Crippen LogP contribution in [0.5, 0.6) is 0 Å². The summed E-state index contributed by atoms with van der Waals surface area (Å²) in [6.07, 6.45) is 6.58. The van der Waals surface area contributed by atoms with Gasteiger partial charge in [0.2, 0.25) is 5.91 Å². The molecule has 7 nitrogen and oxygen atoms in total. The van der Waals surface area contributed by atoms with E-state index in [1.165, 1.54) is 60.5 Å². The Morgan fingerprint density at radius 3 is 2.19 bits per heavy atom. The molecule has 194 valence electrons. The van der Waals surface area contributed by atoms with E-state index in [1.807, 2.05) is 0 Å². The van der Waals surface area contributed by atoms with Crippen molar-refractivity contribution in [3.05, 3.63) is 65.5 Å². The number of hydrogen-bond acceptors (Lipinski definition) is 6. The van der Waals surface area contributed by atoms with Gasteiger partial charge < -0.3 is 10.6 Å². The van der Waals surface area contributed by atoms with Crippen LogP contribution in [0, 0.1) is 5.82 Å². The molecule has 1 aliphatic heterocycles. The molecule has 37 heavy (non-hydrogen) atoms. The van der Waals surface area contributed by atoms with Gasteiger partial charge in [0.25, 0.3) is 5.91 Å². The predicted octanol–water partition coefficient (Wildman–Crippen LogP) is 4.78. The van der Waals surface area contributed by atoms with Gasteiger partial charge >= 0.3 is 0 Å². The summed E-state index contributed by atoms with van der Waals surface area (Å²) >= 11 is 1.47. The van der Waals surface area contributed by atoms with Gasteiger partial charge in [-0.05, 0) is 61.4 Å². The van der Waals surface area contributed by atoms with Gasteiger partial charge in [0.15, 0.2) is 5.13 Å². The minimum Gasteiger partial charge on any atom is -0.366 e. The number of anilines is 2. The van der Waals surface area contributed by atoms with Crippen LogP contribution in [0.1, 0.15) is 52.8 Å². The number of hydrogen-bond donors (Lipinski definition) is 1. The largest absolute Gasteiger partial charge is 0.366 e. The lowest BCUT2D eigenvalue weighted by Gasteiger charge is -2.41. The molecule has 5 rings (SSSR count). The number of nitrogens with two attached hydrogens (primary N) is 1. The summed E-state index contributed by atoms with van der Waals surface area (Å²) in [5, 5.41) is 1.56. The second kappa shape index (κ2) is 11.0. The molecule has 0 atom stereocenters. The first-order chi connectivity index (χ1) is 17.9. The Bertz CT molecular complexity index is 1250. The molecule has 1 saturated heterocycles. The van der Waals surface area contributed by atoms with Crippen LogP contribution in [-0.2, 0) is 0 Å². The Hall–Kier alpha value is -3.30. The van der Waals surface area contributed by atoms with Gasteiger partial charge in [-0.3, -0.25) is 19.4 Å². The van der Waals surface area contributed by atoms with Gasteiger partial charge in [-0.15, -0.1) is 0 Å². The Morgan fingerprint density at radius 1 is 0.946 bits per heavy atom. The molecule has 2 heterocycles. The zero-order chi connectivity index (χ0) is 25.9. The highest BCUT2D eigenvalue weighted by atomic mass is 32.1. The van der Waals surface area contributed by atoms with E-state index in [2.05, 4.69) is 9.80 Å². The van der Waals surface area contributed by atoms with Crippen molar-refractivity contribution in [1.82, 2.24) is 9.88 Å². The minimum atomic E-state index is -0.538. The summed E-state index contributed by atoms with van der Waals surface area (Å²) in [5.41, 5.74) is 7.69. The molecule has 2 aliphatic rings. The monoisotopic (exact) mass is 521 g/mol. The van der Waals surface area contributed by atoms with Gasteiger partial charge in [-0.1, -0.05) is 30.6 Å². The Kier molecular flexibility index (Phi) is 7.53. The number of nitrogens with zero attached hydrogens (tertiary/aromatic N) is 4. The molecule has 2 aromatic carbocycles. The smallest absolute Gasteiger partial charge is 0.259 e. The molecule has 2 fully saturated rings. The van der Waals surface area contributed by atoms with Crippen LogP contribution in [0.15, 0.2) is 48.5 Å². The lowest BCUT2D eigenvalue weighted by Crippen LogP contribution is -2.50. The lowest BCUT2D eigenvalue weighted by atomic mass is 9.94. The average molecular weight is 522 g/mol. The number of rotatable bonds is 6. The summed E-state index contributed by atoms with van der Waals surface area (Å²) in [6.45, 7) is 3.78. The van der Waals surface area contributed by atoms with Crippen LogP contribution in [0.2, 0.25) is 0 Å². The number of benzene rings is 2. The molecule has 0 radical (unpaired) electrons. The SMILES string of the molecule is CN(C(=O)c1ccc(C(N)=O)cc1)c1nc(-c2ccc(F)cc2)c(N2CCN(C3CCCCC3)CC2)s1. The molecule has 0 spiro atoms. The van der Waals surface area contributed by atoms with Crippen LogP contribution >= 0.6 is 11.3 Å². The highest BCUT2D eigenvalue weighted by Crippen LogP contribution is 2.41. The normalized spacial score (nSPS) is 17.1. The first-order valence-electron chi connectivity index (χ1n) is 12.8. The van der Waals surface area contributed by atoms with E-state index in [4.69, 9.17) is 10.7 Å². The molecule has 3 aromatic rings. The molecule has 0 unspecified atom stereocenters. The summed E-state index contributed by atoms with van der Waals surface area (Å²) < 4.78 is 13.7. The second-order valence-electron chi connectivity index (χ2n) is 9.78. The van der Waals surface area contributed by atoms with Gasteiger partial charge in [0.05, 0.1) is 0 Å². The number of aromatic nitrogens is 1. The van der Waals surface area contributed by atoms with E-state index in [1.54, 1.807) is 43.4 Å². The number of primary amides is 1. The highest BCUT2D eigenvalue weighted by Gasteiger charge is 2.29. The number of amides is 2. The van der Waals surface area contributed by atoms with Gasteiger partial charge in [-0.2, -0.15) is 0 Å². The van der Waals surface area contributed by atoms with Crippen molar-refractivity contribution in [1.29, 1.82) is 0 Å². The highest BCUT2D eigenvalue weighted by molar-refractivity contribution is 7.20. The number of thiazole rings is 1. The van der Waals surface area contributed by atoms with Gasteiger partial charge in [0, 0.05) is 56.0 Å². The fraction of sp³-hybridized carbons (Fsp3) is 0.393. The first kappa shape index (κ1) is 25.4. The zero-order valence-electron chi connectivity index (χ0n) is 21.0. The topological polar surface area (TPSA) is 82.8 Å². The summed E-state index contributed by atoms with van der Waals surface area (Å²) in [6, 6.07) is 13.3. The van der Waals surface area contributed by atoms with Crippen molar-refractivity contribution in [3.63, 3.8) is 0 Å². The average Bonchev–Trinajstić information content (AvgIpc) is 3.39. The lowest BCUT2D eigenvalue weighted by molar-refractivity contribution is 0.0984. The molecule has 1 aliphatic carbocycles. The Balaban J connectivity index is 1.40. The quantitative estimate of drug-likeness (QED) is 0.505. The maximum atomic E-state index is 13.7. The van der Waals surface area contributed by atoms with Gasteiger partial charge in [-0.25, -0.2) is 9.37 Å². The van der Waals surface area contributed by atoms with Crippen LogP contribution < -0.4 is 15.5 Å². The molecular weight excluding hydrogens is 489 g/mol. The third-order valence-electron chi connectivity index (χ3n) is 7.42. The third kappa shape index (κ3) is 5.52. The molecule has 2 amide bonds. The molecule has 1 aromatic heterocycles. The number of carbonyl (C=O) groups is 2. The van der Waals surface area contributed by atoms with Crippen molar-refractivity contribution < 1.29 is 14.0 Å². The van der Waals surface area contributed by atoms with Crippen molar-refractivity contribution in [3.8, 4) is 11.3 Å². The van der Waals surface area contributed by atoms with Gasteiger partial charge in [0.1, 0.15) is 16.5 Å². The Morgan fingerprint density at radius 2 is 1.57 bits per heavy atom. The molecule has 1 saturated carbocycles. The first-order valence-corrected chi connectivity index (χ1v) is 13.7. The number of halogens is 1. The van der Waals surface area contributed by atoms with Crippen molar-refractivity contribution in [2.24, 2.45) is 5.73 Å². The maximum Gasteiger partial charge on any atom is 0.259 e. The zero-order valence-corrected chi connectivity index (χ0v) is 21.8. The molecule has 0 bridgehead atoms. The fourth-order valence-corrected chi connectivity index (χ4v) is 6.35. The van der Waals surface area contributed by atoms with E-state index >= 15 is 0 Å². The van der Waals surface area contributed by atoms with E-state index in [-0.39, 0.29) is 11.7 Å². The second-order valence-corrected chi connectivity index (χ2v) is 10.7. The maximum absolute atomic E-state index is 13.7. The third-order valence-corrected chi connectivity index (χ3v) is 8.61. The standard InChI is InChI=1S/C28H32FN5O2S/c1-32(26(36)21-9-7-20(8-10-21)25(30)35)28-31-24(19-11-13-22(29)14-12-19)27(37-28)34-17-15-33(16-18-34)23-5-3-2-4-6-23/h7-14,23H,2-6,15-18H2,1H3,(H2,30,35). The van der Waals surface area contributed by atoms with E-state index in [0.717, 1.165) is 42.4 Å². The molecule has 2 N–H and O–H groups in total. The predicted molar refractivity (Wildman–Crippen MR) is 146 cm³/mol. The van der Waals surface area contributed by atoms with E-state index in [0.29, 0.717) is 22.3 Å². The van der Waals surface area contributed by atoms with E-state index in [9.17, 15) is 14.0 Å². The minimum absolute atomic E-state index is 0.232. The summed E-state index contributed by atoms with van der Waals surface area (Å²) in [7, 11) is 1.70. The van der Waals surface area contributed by atoms with Crippen molar-refractivity contribution in [2.75, 3.05) is 43.0 Å².